The van der Waals surface area contributed by atoms with Gasteiger partial charge in [0.1, 0.15) is 36.0 Å². The zero-order valence-corrected chi connectivity index (χ0v) is 15.5. The predicted octanol–water partition coefficient (Wildman–Crippen LogP) is 3.46. The molecule has 3 N–H and O–H groups in total. The summed E-state index contributed by atoms with van der Waals surface area (Å²) in [6.45, 7) is 0.167. The van der Waals surface area contributed by atoms with Crippen molar-refractivity contribution in [3.63, 3.8) is 0 Å². The Morgan fingerprint density at radius 2 is 2.03 bits per heavy atom. The maximum atomic E-state index is 14.7. The fraction of sp³-hybridized carbons (Fsp3) is 0.0476. The first-order chi connectivity index (χ1) is 14.6. The number of nitrogen functional groups attached to an aromatic ring is 1. The highest BCUT2D eigenvalue weighted by molar-refractivity contribution is 5.98. The number of carbonyl (C=O) groups is 1. The summed E-state index contributed by atoms with van der Waals surface area (Å²) in [6, 6.07) is 12.7. The van der Waals surface area contributed by atoms with Gasteiger partial charge < -0.3 is 10.5 Å². The van der Waals surface area contributed by atoms with Gasteiger partial charge in [-0.3, -0.25) is 5.32 Å². The Kier molecular flexibility index (Phi) is 4.97. The molecule has 0 saturated heterocycles. The van der Waals surface area contributed by atoms with Gasteiger partial charge in [-0.25, -0.2) is 23.8 Å². The fourth-order valence-corrected chi connectivity index (χ4v) is 2.92. The van der Waals surface area contributed by atoms with E-state index in [1.807, 2.05) is 0 Å². The summed E-state index contributed by atoms with van der Waals surface area (Å²) in [4.78, 5) is 20.2. The maximum absolute atomic E-state index is 14.7. The van der Waals surface area contributed by atoms with Gasteiger partial charge in [-0.05, 0) is 24.3 Å². The average Bonchev–Trinajstić information content (AvgIpc) is 3.10. The van der Waals surface area contributed by atoms with Crippen LogP contribution in [0.1, 0.15) is 0 Å². The summed E-state index contributed by atoms with van der Waals surface area (Å²) in [5, 5.41) is 7.25. The molecule has 0 radical (unpaired) electrons. The van der Waals surface area contributed by atoms with E-state index >= 15 is 0 Å². The lowest BCUT2D eigenvalue weighted by Crippen LogP contribution is -2.17. The SMILES string of the molecule is C#CCn1nc(-c2ccc(NC(=O)Oc3ccccc3)c(F)c2)c2c(N)ncnc21. The lowest BCUT2D eigenvalue weighted by molar-refractivity contribution is 0.215. The second-order valence-corrected chi connectivity index (χ2v) is 6.19. The summed E-state index contributed by atoms with van der Waals surface area (Å²) in [5.74, 6) is 2.35. The number of ether oxygens (including phenoxy) is 1. The number of nitrogens with zero attached hydrogens (tertiary/aromatic N) is 4. The predicted molar refractivity (Wildman–Crippen MR) is 110 cm³/mol. The Morgan fingerprint density at radius 1 is 1.23 bits per heavy atom. The fourth-order valence-electron chi connectivity index (χ4n) is 2.92. The van der Waals surface area contributed by atoms with E-state index in [-0.39, 0.29) is 18.1 Å². The molecule has 0 aliphatic heterocycles. The minimum atomic E-state index is -0.811. The quantitative estimate of drug-likeness (QED) is 0.506. The number of carbonyl (C=O) groups excluding carboxylic acids is 1. The molecule has 0 aliphatic carbocycles. The number of aromatic nitrogens is 4. The second-order valence-electron chi connectivity index (χ2n) is 6.19. The van der Waals surface area contributed by atoms with E-state index in [0.717, 1.165) is 0 Å². The zero-order chi connectivity index (χ0) is 21.1. The van der Waals surface area contributed by atoms with Crippen LogP contribution in [0.4, 0.5) is 20.7 Å². The van der Waals surface area contributed by atoms with Crippen molar-refractivity contribution < 1.29 is 13.9 Å². The first-order valence-electron chi connectivity index (χ1n) is 8.81. The molecule has 2 heterocycles. The van der Waals surface area contributed by atoms with E-state index in [1.54, 1.807) is 36.4 Å². The highest BCUT2D eigenvalue weighted by Gasteiger charge is 2.18. The van der Waals surface area contributed by atoms with E-state index in [1.165, 1.54) is 23.1 Å². The molecule has 0 atom stereocenters. The van der Waals surface area contributed by atoms with Gasteiger partial charge in [-0.2, -0.15) is 5.10 Å². The number of benzene rings is 2. The monoisotopic (exact) mass is 402 g/mol. The van der Waals surface area contributed by atoms with Crippen LogP contribution >= 0.6 is 0 Å². The second kappa shape index (κ2) is 7.89. The standard InChI is InChI=1S/C21H15FN6O2/c1-2-10-28-20-17(19(23)24-12-25-20)18(27-28)13-8-9-16(15(22)11-13)26-21(29)30-14-6-4-3-5-7-14/h1,3-9,11-12H,10H2,(H,26,29)(H2,23,24,25). The molecule has 0 aliphatic rings. The number of amides is 1. The van der Waals surface area contributed by atoms with Crippen LogP contribution in [0.5, 0.6) is 5.75 Å². The van der Waals surface area contributed by atoms with E-state index in [4.69, 9.17) is 16.9 Å². The normalized spacial score (nSPS) is 10.5. The lowest BCUT2D eigenvalue weighted by Gasteiger charge is -2.08. The molecule has 4 aromatic rings. The minimum Gasteiger partial charge on any atom is -0.410 e. The van der Waals surface area contributed by atoms with Gasteiger partial charge in [0, 0.05) is 5.56 Å². The molecule has 2 aromatic heterocycles. The molecule has 148 valence electrons. The van der Waals surface area contributed by atoms with Crippen molar-refractivity contribution in [1.29, 1.82) is 0 Å². The van der Waals surface area contributed by atoms with Gasteiger partial charge in [0.15, 0.2) is 5.65 Å². The summed E-state index contributed by atoms with van der Waals surface area (Å²) >= 11 is 0. The molecule has 8 nitrogen and oxygen atoms in total. The third-order valence-electron chi connectivity index (χ3n) is 4.23. The highest BCUT2D eigenvalue weighted by Crippen LogP contribution is 2.31. The number of nitrogens with one attached hydrogen (secondary N) is 1. The van der Waals surface area contributed by atoms with Crippen molar-refractivity contribution in [2.75, 3.05) is 11.1 Å². The van der Waals surface area contributed by atoms with Crippen molar-refractivity contribution in [3.05, 3.63) is 60.7 Å². The largest absolute Gasteiger partial charge is 0.417 e. The van der Waals surface area contributed by atoms with E-state index in [2.05, 4.69) is 26.3 Å². The molecule has 0 fully saturated rings. The van der Waals surface area contributed by atoms with Crippen LogP contribution < -0.4 is 15.8 Å². The molecule has 0 spiro atoms. The summed E-state index contributed by atoms with van der Waals surface area (Å²) in [7, 11) is 0. The van der Waals surface area contributed by atoms with E-state index in [9.17, 15) is 9.18 Å². The molecular formula is C21H15FN6O2. The first-order valence-corrected chi connectivity index (χ1v) is 8.81. The Bertz CT molecular complexity index is 1280. The summed E-state index contributed by atoms with van der Waals surface area (Å²) < 4.78 is 21.3. The van der Waals surface area contributed by atoms with Crippen molar-refractivity contribution in [3.8, 4) is 29.4 Å². The van der Waals surface area contributed by atoms with Gasteiger partial charge in [0.25, 0.3) is 0 Å². The number of terminal acetylenes is 1. The van der Waals surface area contributed by atoms with Crippen molar-refractivity contribution in [2.24, 2.45) is 0 Å². The van der Waals surface area contributed by atoms with Crippen LogP contribution in [-0.2, 0) is 6.54 Å². The van der Waals surface area contributed by atoms with Crippen molar-refractivity contribution in [1.82, 2.24) is 19.7 Å². The Morgan fingerprint density at radius 3 is 2.77 bits per heavy atom. The third kappa shape index (κ3) is 3.62. The number of anilines is 2. The third-order valence-corrected chi connectivity index (χ3v) is 4.23. The summed E-state index contributed by atoms with van der Waals surface area (Å²) in [6.07, 6.45) is 5.88. The Balaban J connectivity index is 1.64. The molecule has 30 heavy (non-hydrogen) atoms. The molecule has 9 heteroatoms. The van der Waals surface area contributed by atoms with Gasteiger partial charge >= 0.3 is 6.09 Å². The molecule has 1 amide bonds. The molecular weight excluding hydrogens is 387 g/mol. The minimum absolute atomic E-state index is 0.0451. The number of halogens is 1. The molecule has 4 rings (SSSR count). The van der Waals surface area contributed by atoms with Crippen LogP contribution in [0.25, 0.3) is 22.3 Å². The van der Waals surface area contributed by atoms with Gasteiger partial charge in [-0.1, -0.05) is 30.2 Å². The number of nitrogens with two attached hydrogens (primary N) is 1. The highest BCUT2D eigenvalue weighted by atomic mass is 19.1. The van der Waals surface area contributed by atoms with Crippen molar-refractivity contribution >= 4 is 28.6 Å². The topological polar surface area (TPSA) is 108 Å². The first kappa shape index (κ1) is 18.9. The zero-order valence-electron chi connectivity index (χ0n) is 15.5. The number of hydrogen-bond donors (Lipinski definition) is 2. The number of hydrogen-bond acceptors (Lipinski definition) is 6. The average molecular weight is 402 g/mol. The van der Waals surface area contributed by atoms with Crippen LogP contribution in [0.3, 0.4) is 0 Å². The Hall–Kier alpha value is -4.45. The van der Waals surface area contributed by atoms with Crippen LogP contribution in [-0.4, -0.2) is 25.8 Å². The number of rotatable bonds is 4. The van der Waals surface area contributed by atoms with Gasteiger partial charge in [0.05, 0.1) is 11.1 Å². The van der Waals surface area contributed by atoms with Gasteiger partial charge in [0.2, 0.25) is 0 Å². The van der Waals surface area contributed by atoms with Crippen LogP contribution in [0.15, 0.2) is 54.9 Å². The van der Waals surface area contributed by atoms with Crippen LogP contribution in [0.2, 0.25) is 0 Å². The smallest absolute Gasteiger partial charge is 0.410 e. The molecule has 0 saturated carbocycles. The number of fused-ring (bicyclic) bond motifs is 1. The van der Waals surface area contributed by atoms with Gasteiger partial charge in [-0.15, -0.1) is 6.42 Å². The lowest BCUT2D eigenvalue weighted by atomic mass is 10.1. The summed E-state index contributed by atoms with van der Waals surface area (Å²) in [5.41, 5.74) is 7.20. The van der Waals surface area contributed by atoms with Crippen molar-refractivity contribution in [2.45, 2.75) is 6.54 Å². The molecule has 2 aromatic carbocycles. The van der Waals surface area contributed by atoms with Crippen LogP contribution in [0, 0.1) is 18.2 Å². The number of para-hydroxylation sites is 1. The molecule has 0 unspecified atom stereocenters. The maximum Gasteiger partial charge on any atom is 0.417 e. The van der Waals surface area contributed by atoms with E-state index in [0.29, 0.717) is 28.0 Å². The Labute approximate surface area is 170 Å². The van der Waals surface area contributed by atoms with E-state index < -0.39 is 11.9 Å². The molecule has 0 bridgehead atoms.